The van der Waals surface area contributed by atoms with E-state index in [-0.39, 0.29) is 0 Å². The monoisotopic (exact) mass is 253 g/mol. The number of ether oxygens (including phenoxy) is 2. The summed E-state index contributed by atoms with van der Waals surface area (Å²) >= 11 is 0. The summed E-state index contributed by atoms with van der Waals surface area (Å²) in [6, 6.07) is 0. The highest BCUT2D eigenvalue weighted by Crippen LogP contribution is 2.15. The smallest absolute Gasteiger partial charge is 0.0593 e. The minimum atomic E-state index is 0.442. The molecule has 0 spiro atoms. The molecule has 102 valence electrons. The highest BCUT2D eigenvalue weighted by molar-refractivity contribution is 5.03. The predicted octanol–water partition coefficient (Wildman–Crippen LogP) is 1.19. The van der Waals surface area contributed by atoms with Crippen LogP contribution in [0.4, 0.5) is 0 Å². The topological polar surface area (TPSA) is 48.3 Å². The van der Waals surface area contributed by atoms with E-state index in [4.69, 9.17) is 9.47 Å². The molecule has 1 N–H and O–H groups in total. The van der Waals surface area contributed by atoms with Gasteiger partial charge in [0.15, 0.2) is 0 Å². The van der Waals surface area contributed by atoms with Crippen LogP contribution in [0.25, 0.3) is 0 Å². The first-order valence-corrected chi connectivity index (χ1v) is 6.71. The third-order valence-electron chi connectivity index (χ3n) is 3.20. The fourth-order valence-corrected chi connectivity index (χ4v) is 2.18. The molecule has 0 saturated carbocycles. The van der Waals surface area contributed by atoms with Crippen LogP contribution in [-0.4, -0.2) is 42.8 Å². The third-order valence-corrected chi connectivity index (χ3v) is 3.20. The number of nitrogens with one attached hydrogen (secondary N) is 1. The normalized spacial score (nSPS) is 19.5. The van der Waals surface area contributed by atoms with Crippen molar-refractivity contribution in [3.05, 3.63) is 18.0 Å². The zero-order valence-corrected chi connectivity index (χ0v) is 11.1. The van der Waals surface area contributed by atoms with Crippen LogP contribution in [-0.2, 0) is 22.6 Å². The Hall–Kier alpha value is -0.910. The molecule has 0 radical (unpaired) electrons. The number of aromatic nitrogens is 2. The summed E-state index contributed by atoms with van der Waals surface area (Å²) in [5.74, 6) is 0. The molecule has 1 unspecified atom stereocenters. The fraction of sp³-hybridized carbons (Fsp3) is 0.769. The minimum Gasteiger partial charge on any atom is -0.383 e. The van der Waals surface area contributed by atoms with Gasteiger partial charge >= 0.3 is 0 Å². The molecule has 18 heavy (non-hydrogen) atoms. The van der Waals surface area contributed by atoms with Crippen molar-refractivity contribution in [2.75, 3.05) is 26.9 Å². The number of methoxy groups -OCH3 is 1. The molecule has 1 fully saturated rings. The van der Waals surface area contributed by atoms with Crippen molar-refractivity contribution in [3.8, 4) is 0 Å². The van der Waals surface area contributed by atoms with Crippen LogP contribution >= 0.6 is 0 Å². The summed E-state index contributed by atoms with van der Waals surface area (Å²) in [6.07, 6.45) is 7.95. The van der Waals surface area contributed by atoms with Gasteiger partial charge in [-0.25, -0.2) is 0 Å². The molecule has 2 rings (SSSR count). The zero-order chi connectivity index (χ0) is 12.6. The molecule has 0 bridgehead atoms. The SMILES string of the molecule is COCCNCc1cnn(CCC2CCCO2)c1. The van der Waals surface area contributed by atoms with Gasteiger partial charge in [-0.05, 0) is 19.3 Å². The molecule has 1 aromatic rings. The summed E-state index contributed by atoms with van der Waals surface area (Å²) < 4.78 is 12.6. The molecule has 1 atom stereocenters. The highest BCUT2D eigenvalue weighted by Gasteiger charge is 2.15. The molecular weight excluding hydrogens is 230 g/mol. The second-order valence-corrected chi connectivity index (χ2v) is 4.70. The van der Waals surface area contributed by atoms with Crippen LogP contribution in [0.15, 0.2) is 12.4 Å². The number of nitrogens with zero attached hydrogens (tertiary/aromatic N) is 2. The van der Waals surface area contributed by atoms with Crippen molar-refractivity contribution in [2.24, 2.45) is 0 Å². The molecule has 0 aliphatic carbocycles. The lowest BCUT2D eigenvalue weighted by Crippen LogP contribution is -2.18. The Bertz CT molecular complexity index is 335. The first-order chi connectivity index (χ1) is 8.88. The van der Waals surface area contributed by atoms with E-state index in [1.165, 1.54) is 18.4 Å². The van der Waals surface area contributed by atoms with E-state index in [0.717, 1.165) is 39.3 Å². The highest BCUT2D eigenvalue weighted by atomic mass is 16.5. The Morgan fingerprint density at radius 1 is 1.61 bits per heavy atom. The molecule has 1 aliphatic rings. The van der Waals surface area contributed by atoms with Gasteiger partial charge in [0.05, 0.1) is 18.9 Å². The molecule has 0 aromatic carbocycles. The Labute approximate surface area is 108 Å². The molecular formula is C13H23N3O2. The molecule has 1 aromatic heterocycles. The van der Waals surface area contributed by atoms with Crippen molar-refractivity contribution in [1.82, 2.24) is 15.1 Å². The number of hydrogen-bond acceptors (Lipinski definition) is 4. The van der Waals surface area contributed by atoms with Gasteiger partial charge in [0.1, 0.15) is 0 Å². The maximum Gasteiger partial charge on any atom is 0.0593 e. The minimum absolute atomic E-state index is 0.442. The number of aryl methyl sites for hydroxylation is 1. The molecule has 1 saturated heterocycles. The molecule has 0 amide bonds. The average molecular weight is 253 g/mol. The van der Waals surface area contributed by atoms with Gasteiger partial charge in [0.25, 0.3) is 0 Å². The lowest BCUT2D eigenvalue weighted by molar-refractivity contribution is 0.0994. The molecule has 2 heterocycles. The van der Waals surface area contributed by atoms with Crippen LogP contribution in [0.1, 0.15) is 24.8 Å². The first kappa shape index (κ1) is 13.5. The van der Waals surface area contributed by atoms with Gasteiger partial charge in [0, 0.05) is 45.1 Å². The summed E-state index contributed by atoms with van der Waals surface area (Å²) in [5.41, 5.74) is 1.22. The molecule has 1 aliphatic heterocycles. The van der Waals surface area contributed by atoms with E-state index in [9.17, 15) is 0 Å². The van der Waals surface area contributed by atoms with Crippen LogP contribution in [0.3, 0.4) is 0 Å². The van der Waals surface area contributed by atoms with Gasteiger partial charge in [-0.1, -0.05) is 0 Å². The van der Waals surface area contributed by atoms with E-state index >= 15 is 0 Å². The summed E-state index contributed by atoms with van der Waals surface area (Å²) in [4.78, 5) is 0. The van der Waals surface area contributed by atoms with Crippen LogP contribution < -0.4 is 5.32 Å². The maximum atomic E-state index is 5.61. The summed E-state index contributed by atoms with van der Waals surface area (Å²) in [5, 5.41) is 7.68. The zero-order valence-electron chi connectivity index (χ0n) is 11.1. The molecule has 5 heteroatoms. The quantitative estimate of drug-likeness (QED) is 0.707. The van der Waals surface area contributed by atoms with Gasteiger partial charge in [-0.3, -0.25) is 4.68 Å². The largest absolute Gasteiger partial charge is 0.383 e. The van der Waals surface area contributed by atoms with E-state index < -0.39 is 0 Å². The lowest BCUT2D eigenvalue weighted by Gasteiger charge is -2.08. The van der Waals surface area contributed by atoms with Crippen molar-refractivity contribution in [3.63, 3.8) is 0 Å². The second-order valence-electron chi connectivity index (χ2n) is 4.70. The second kappa shape index (κ2) is 7.51. The number of hydrogen-bond donors (Lipinski definition) is 1. The van der Waals surface area contributed by atoms with Gasteiger partial charge in [-0.2, -0.15) is 5.10 Å². The van der Waals surface area contributed by atoms with Crippen LogP contribution in [0, 0.1) is 0 Å². The average Bonchev–Trinajstić information content (AvgIpc) is 3.03. The Morgan fingerprint density at radius 2 is 2.56 bits per heavy atom. The van der Waals surface area contributed by atoms with Crippen LogP contribution in [0.2, 0.25) is 0 Å². The van der Waals surface area contributed by atoms with E-state index in [1.54, 1.807) is 7.11 Å². The fourth-order valence-electron chi connectivity index (χ4n) is 2.18. The lowest BCUT2D eigenvalue weighted by atomic mass is 10.2. The molecule has 5 nitrogen and oxygen atoms in total. The Morgan fingerprint density at radius 3 is 3.33 bits per heavy atom. The van der Waals surface area contributed by atoms with Gasteiger partial charge < -0.3 is 14.8 Å². The number of rotatable bonds is 8. The van der Waals surface area contributed by atoms with E-state index in [2.05, 4.69) is 16.6 Å². The van der Waals surface area contributed by atoms with Crippen molar-refractivity contribution >= 4 is 0 Å². The van der Waals surface area contributed by atoms with E-state index in [1.807, 2.05) is 10.9 Å². The predicted molar refractivity (Wildman–Crippen MR) is 69.4 cm³/mol. The third kappa shape index (κ3) is 4.40. The van der Waals surface area contributed by atoms with Gasteiger partial charge in [-0.15, -0.1) is 0 Å². The summed E-state index contributed by atoms with van der Waals surface area (Å²) in [7, 11) is 1.71. The summed E-state index contributed by atoms with van der Waals surface area (Å²) in [6.45, 7) is 4.34. The van der Waals surface area contributed by atoms with Crippen molar-refractivity contribution in [2.45, 2.75) is 38.5 Å². The maximum absolute atomic E-state index is 5.61. The van der Waals surface area contributed by atoms with Gasteiger partial charge in [0.2, 0.25) is 0 Å². The van der Waals surface area contributed by atoms with E-state index in [0.29, 0.717) is 6.10 Å². The standard InChI is InChI=1S/C13H23N3O2/c1-17-8-5-14-9-12-10-15-16(11-12)6-4-13-3-2-7-18-13/h10-11,13-14H,2-9H2,1H3. The van der Waals surface area contributed by atoms with Crippen molar-refractivity contribution in [1.29, 1.82) is 0 Å². The first-order valence-electron chi connectivity index (χ1n) is 6.71. The Kier molecular flexibility index (Phi) is 5.64. The van der Waals surface area contributed by atoms with Crippen LogP contribution in [0.5, 0.6) is 0 Å². The Balaban J connectivity index is 1.65. The van der Waals surface area contributed by atoms with Crippen molar-refractivity contribution < 1.29 is 9.47 Å².